The van der Waals surface area contributed by atoms with Gasteiger partial charge in [-0.1, -0.05) is 67.7 Å². The zero-order valence-electron chi connectivity index (χ0n) is 20.6. The summed E-state index contributed by atoms with van der Waals surface area (Å²) in [6.07, 6.45) is 6.84. The molecule has 1 amide bonds. The van der Waals surface area contributed by atoms with Gasteiger partial charge in [-0.15, -0.1) is 0 Å². The molecule has 4 rings (SSSR count). The maximum absolute atomic E-state index is 13.2. The number of aromatic nitrogens is 2. The number of rotatable bonds is 12. The Balaban J connectivity index is 1.61. The van der Waals surface area contributed by atoms with Gasteiger partial charge < -0.3 is 9.84 Å². The second-order valence-corrected chi connectivity index (χ2v) is 10.3. The Morgan fingerprint density at radius 1 is 1.14 bits per heavy atom. The van der Waals surface area contributed by atoms with Gasteiger partial charge in [0.15, 0.2) is 0 Å². The van der Waals surface area contributed by atoms with E-state index < -0.39 is 5.97 Å². The van der Waals surface area contributed by atoms with Gasteiger partial charge in [0.05, 0.1) is 17.2 Å². The standard InChI is InChI=1S/C28H29N3O4S2/c1-2-16-35-23-13-9-10-20(17-23)26-21(19-31(29-26)22-11-5-3-6-12-22)18-24-27(34)30(28(36)37-24)15-8-4-7-14-25(32)33/h3,5-6,9-13,17-19H,2,4,7-8,14-16H2,1H3,(H,32,33)/b24-18+. The number of benzene rings is 2. The molecule has 37 heavy (non-hydrogen) atoms. The fourth-order valence-corrected chi connectivity index (χ4v) is 5.24. The molecular weight excluding hydrogens is 506 g/mol. The van der Waals surface area contributed by atoms with Crippen molar-refractivity contribution in [1.82, 2.24) is 14.7 Å². The summed E-state index contributed by atoms with van der Waals surface area (Å²) in [6.45, 7) is 3.18. The molecule has 192 valence electrons. The van der Waals surface area contributed by atoms with Crippen molar-refractivity contribution in [3.63, 3.8) is 0 Å². The average Bonchev–Trinajstić information content (AvgIpc) is 3.44. The number of unbranched alkanes of at least 4 members (excludes halogenated alkanes) is 2. The van der Waals surface area contributed by atoms with Crippen molar-refractivity contribution in [3.8, 4) is 22.7 Å². The number of carboxylic acids is 1. The first kappa shape index (κ1) is 26.6. The van der Waals surface area contributed by atoms with Crippen molar-refractivity contribution in [3.05, 3.63) is 71.3 Å². The molecule has 1 aromatic heterocycles. The number of amides is 1. The maximum Gasteiger partial charge on any atom is 0.303 e. The van der Waals surface area contributed by atoms with Crippen LogP contribution in [0.3, 0.4) is 0 Å². The molecule has 1 aliphatic heterocycles. The third-order valence-corrected chi connectivity index (χ3v) is 7.15. The molecule has 2 heterocycles. The lowest BCUT2D eigenvalue weighted by molar-refractivity contribution is -0.137. The summed E-state index contributed by atoms with van der Waals surface area (Å²) in [7, 11) is 0. The van der Waals surface area contributed by atoms with Gasteiger partial charge >= 0.3 is 5.97 Å². The predicted octanol–water partition coefficient (Wildman–Crippen LogP) is 6.17. The number of para-hydroxylation sites is 1. The molecule has 3 aromatic rings. The van der Waals surface area contributed by atoms with Gasteiger partial charge in [-0.2, -0.15) is 5.10 Å². The topological polar surface area (TPSA) is 84.7 Å². The molecule has 0 atom stereocenters. The third kappa shape index (κ3) is 6.87. The molecule has 0 unspecified atom stereocenters. The monoisotopic (exact) mass is 535 g/mol. The fraction of sp³-hybridized carbons (Fsp3) is 0.286. The van der Waals surface area contributed by atoms with E-state index in [0.29, 0.717) is 35.2 Å². The second kappa shape index (κ2) is 12.7. The van der Waals surface area contributed by atoms with E-state index in [1.165, 1.54) is 11.8 Å². The highest BCUT2D eigenvalue weighted by Gasteiger charge is 2.32. The summed E-state index contributed by atoms with van der Waals surface area (Å²) in [5, 5.41) is 13.7. The van der Waals surface area contributed by atoms with Crippen molar-refractivity contribution in [2.24, 2.45) is 0 Å². The molecule has 1 aliphatic rings. The number of hydrogen-bond acceptors (Lipinski definition) is 6. The average molecular weight is 536 g/mol. The highest BCUT2D eigenvalue weighted by Crippen LogP contribution is 2.35. The summed E-state index contributed by atoms with van der Waals surface area (Å²) in [5.74, 6) is -0.164. The van der Waals surface area contributed by atoms with Crippen LogP contribution in [0.25, 0.3) is 23.0 Å². The van der Waals surface area contributed by atoms with Crippen LogP contribution in [0.1, 0.15) is 44.6 Å². The summed E-state index contributed by atoms with van der Waals surface area (Å²) in [6, 6.07) is 17.6. The Labute approximate surface area is 226 Å². The zero-order valence-corrected chi connectivity index (χ0v) is 22.3. The van der Waals surface area contributed by atoms with Crippen LogP contribution in [0.2, 0.25) is 0 Å². The van der Waals surface area contributed by atoms with Crippen molar-refractivity contribution >= 4 is 46.3 Å². The molecular formula is C28H29N3O4S2. The van der Waals surface area contributed by atoms with Gasteiger partial charge in [0.1, 0.15) is 15.8 Å². The maximum atomic E-state index is 13.2. The Bertz CT molecular complexity index is 1300. The number of thioether (sulfide) groups is 1. The molecule has 1 saturated heterocycles. The van der Waals surface area contributed by atoms with Crippen LogP contribution in [0.5, 0.6) is 5.75 Å². The Hall–Kier alpha value is -3.43. The second-order valence-electron chi connectivity index (χ2n) is 8.63. The van der Waals surface area contributed by atoms with Crippen molar-refractivity contribution < 1.29 is 19.4 Å². The van der Waals surface area contributed by atoms with Gasteiger partial charge in [0.25, 0.3) is 5.91 Å². The van der Waals surface area contributed by atoms with Crippen LogP contribution in [0.4, 0.5) is 0 Å². The molecule has 0 bridgehead atoms. The quantitative estimate of drug-likeness (QED) is 0.169. The number of carbonyl (C=O) groups is 2. The Kier molecular flexibility index (Phi) is 9.14. The number of thiocarbonyl (C=S) groups is 1. The molecule has 2 aromatic carbocycles. The molecule has 9 heteroatoms. The normalized spacial score (nSPS) is 14.5. The smallest absolute Gasteiger partial charge is 0.303 e. The lowest BCUT2D eigenvalue weighted by atomic mass is 10.1. The van der Waals surface area contributed by atoms with Gasteiger partial charge in [-0.25, -0.2) is 4.68 Å². The van der Waals surface area contributed by atoms with Crippen LogP contribution < -0.4 is 4.74 Å². The van der Waals surface area contributed by atoms with Gasteiger partial charge in [0, 0.05) is 30.3 Å². The Morgan fingerprint density at radius 3 is 2.70 bits per heavy atom. The highest BCUT2D eigenvalue weighted by molar-refractivity contribution is 8.26. The Morgan fingerprint density at radius 2 is 1.95 bits per heavy atom. The van der Waals surface area contributed by atoms with Gasteiger partial charge in [0.2, 0.25) is 0 Å². The largest absolute Gasteiger partial charge is 0.494 e. The molecule has 0 radical (unpaired) electrons. The van der Waals surface area contributed by atoms with E-state index in [2.05, 4.69) is 6.92 Å². The zero-order chi connectivity index (χ0) is 26.2. The highest BCUT2D eigenvalue weighted by atomic mass is 32.2. The molecule has 1 fully saturated rings. The minimum atomic E-state index is -0.803. The number of carboxylic acid groups (broad SMARTS) is 1. The minimum absolute atomic E-state index is 0.133. The minimum Gasteiger partial charge on any atom is -0.494 e. The van der Waals surface area contributed by atoms with Crippen molar-refractivity contribution in [1.29, 1.82) is 0 Å². The summed E-state index contributed by atoms with van der Waals surface area (Å²) >= 11 is 6.77. The molecule has 0 aliphatic carbocycles. The molecule has 1 N–H and O–H groups in total. The van der Waals surface area contributed by atoms with Crippen LogP contribution in [0, 0.1) is 0 Å². The predicted molar refractivity (Wildman–Crippen MR) is 151 cm³/mol. The summed E-state index contributed by atoms with van der Waals surface area (Å²) < 4.78 is 8.16. The van der Waals surface area contributed by atoms with Crippen LogP contribution in [0.15, 0.2) is 65.7 Å². The van der Waals surface area contributed by atoms with Crippen LogP contribution >= 0.6 is 24.0 Å². The van der Waals surface area contributed by atoms with E-state index in [-0.39, 0.29) is 12.3 Å². The van der Waals surface area contributed by atoms with E-state index in [0.717, 1.165) is 41.1 Å². The van der Waals surface area contributed by atoms with Gasteiger partial charge in [-0.05, 0) is 49.6 Å². The molecule has 0 saturated carbocycles. The lowest BCUT2D eigenvalue weighted by Crippen LogP contribution is -2.29. The van der Waals surface area contributed by atoms with Crippen molar-refractivity contribution in [2.45, 2.75) is 39.0 Å². The lowest BCUT2D eigenvalue weighted by Gasteiger charge is -2.13. The number of ether oxygens (including phenoxy) is 1. The summed E-state index contributed by atoms with van der Waals surface area (Å²) in [4.78, 5) is 26.1. The van der Waals surface area contributed by atoms with E-state index in [4.69, 9.17) is 27.2 Å². The van der Waals surface area contributed by atoms with Crippen LogP contribution in [-0.4, -0.2) is 49.1 Å². The van der Waals surface area contributed by atoms with E-state index in [1.54, 1.807) is 4.90 Å². The SMILES string of the molecule is CCCOc1cccc(-c2nn(-c3ccccc3)cc2/C=C2/SC(=S)N(CCCCCC(=O)O)C2=O)c1. The van der Waals surface area contributed by atoms with Crippen LogP contribution in [-0.2, 0) is 9.59 Å². The first-order valence-electron chi connectivity index (χ1n) is 12.3. The number of hydrogen-bond donors (Lipinski definition) is 1. The third-order valence-electron chi connectivity index (χ3n) is 5.78. The van der Waals surface area contributed by atoms with Gasteiger partial charge in [-0.3, -0.25) is 14.5 Å². The van der Waals surface area contributed by atoms with Crippen molar-refractivity contribution in [2.75, 3.05) is 13.2 Å². The van der Waals surface area contributed by atoms with E-state index >= 15 is 0 Å². The fourth-order valence-electron chi connectivity index (χ4n) is 3.94. The summed E-state index contributed by atoms with van der Waals surface area (Å²) in [5.41, 5.74) is 3.35. The van der Waals surface area contributed by atoms with E-state index in [9.17, 15) is 9.59 Å². The first-order chi connectivity index (χ1) is 18.0. The number of nitrogens with zero attached hydrogens (tertiary/aromatic N) is 3. The number of aliphatic carboxylic acids is 1. The van der Waals surface area contributed by atoms with E-state index in [1.807, 2.05) is 71.6 Å². The molecule has 0 spiro atoms. The number of carbonyl (C=O) groups excluding carboxylic acids is 1. The first-order valence-corrected chi connectivity index (χ1v) is 13.5. The molecule has 7 nitrogen and oxygen atoms in total.